The van der Waals surface area contributed by atoms with Crippen molar-refractivity contribution in [1.29, 1.82) is 0 Å². The van der Waals surface area contributed by atoms with E-state index in [1.165, 1.54) is 12.8 Å². The third-order valence-corrected chi connectivity index (χ3v) is 4.13. The second-order valence-corrected chi connectivity index (χ2v) is 5.86. The quantitative estimate of drug-likeness (QED) is 0.696. The molecule has 0 radical (unpaired) electrons. The Morgan fingerprint density at radius 2 is 2.07 bits per heavy atom. The smallest absolute Gasteiger partial charge is 0.0786 e. The van der Waals surface area contributed by atoms with Crippen molar-refractivity contribution in [3.63, 3.8) is 0 Å². The highest BCUT2D eigenvalue weighted by atomic mass is 16.5. The maximum atomic E-state index is 6.30. The van der Waals surface area contributed by atoms with Gasteiger partial charge in [0.15, 0.2) is 0 Å². The second-order valence-electron chi connectivity index (χ2n) is 5.86. The molecule has 3 atom stereocenters. The molecule has 2 rings (SSSR count). The van der Waals surface area contributed by atoms with Crippen LogP contribution in [0, 0.1) is 5.41 Å². The summed E-state index contributed by atoms with van der Waals surface area (Å²) in [7, 11) is 0. The molecule has 0 aromatic heterocycles. The molecule has 0 aromatic carbocycles. The lowest BCUT2D eigenvalue weighted by atomic mass is 9.86. The van der Waals surface area contributed by atoms with Gasteiger partial charge in [-0.1, -0.05) is 20.8 Å². The molecule has 1 aliphatic heterocycles. The van der Waals surface area contributed by atoms with Gasteiger partial charge in [0.05, 0.1) is 11.7 Å². The lowest BCUT2D eigenvalue weighted by Gasteiger charge is -2.45. The van der Waals surface area contributed by atoms with E-state index in [1.807, 2.05) is 0 Å². The third-order valence-electron chi connectivity index (χ3n) is 4.13. The molecule has 82 valence electrons. The Balaban J connectivity index is 2.13. The lowest BCUT2D eigenvalue weighted by Crippen LogP contribution is -2.58. The topological polar surface area (TPSA) is 21.3 Å². The molecule has 0 aromatic rings. The van der Waals surface area contributed by atoms with Gasteiger partial charge in [0.1, 0.15) is 0 Å². The number of rotatable bonds is 1. The van der Waals surface area contributed by atoms with E-state index in [4.69, 9.17) is 4.74 Å². The van der Waals surface area contributed by atoms with Crippen LogP contribution in [-0.2, 0) is 4.74 Å². The molecular formula is C12H23NO. The normalized spacial score (nSPS) is 46.3. The fraction of sp³-hybridized carbons (Fsp3) is 1.00. The van der Waals surface area contributed by atoms with Crippen LogP contribution >= 0.6 is 0 Å². The molecule has 0 spiro atoms. The molecule has 14 heavy (non-hydrogen) atoms. The number of hydrogen-bond acceptors (Lipinski definition) is 2. The summed E-state index contributed by atoms with van der Waals surface area (Å²) in [6, 6.07) is 0.602. The third kappa shape index (κ3) is 1.59. The van der Waals surface area contributed by atoms with Crippen LogP contribution in [0.4, 0.5) is 0 Å². The van der Waals surface area contributed by atoms with E-state index < -0.39 is 0 Å². The summed E-state index contributed by atoms with van der Waals surface area (Å²) in [5.41, 5.74) is 0.414. The Bertz CT molecular complexity index is 226. The van der Waals surface area contributed by atoms with Gasteiger partial charge >= 0.3 is 0 Å². The number of fused-ring (bicyclic) bond motifs is 1. The molecule has 0 bridgehead atoms. The van der Waals surface area contributed by atoms with Gasteiger partial charge in [0.25, 0.3) is 0 Å². The Hall–Kier alpha value is -0.0800. The molecule has 2 aliphatic rings. The molecule has 1 heterocycles. The van der Waals surface area contributed by atoms with Crippen LogP contribution in [0.25, 0.3) is 0 Å². The molecular weight excluding hydrogens is 174 g/mol. The highest BCUT2D eigenvalue weighted by Crippen LogP contribution is 2.43. The largest absolute Gasteiger partial charge is 0.369 e. The second kappa shape index (κ2) is 3.21. The van der Waals surface area contributed by atoms with Crippen LogP contribution < -0.4 is 5.32 Å². The molecule has 1 saturated heterocycles. The monoisotopic (exact) mass is 197 g/mol. The molecule has 1 saturated carbocycles. The van der Waals surface area contributed by atoms with Crippen molar-refractivity contribution in [1.82, 2.24) is 5.32 Å². The fourth-order valence-corrected chi connectivity index (χ4v) is 2.72. The van der Waals surface area contributed by atoms with E-state index in [0.29, 0.717) is 17.6 Å². The van der Waals surface area contributed by atoms with E-state index in [9.17, 15) is 0 Å². The average Bonchev–Trinajstić information content (AvgIpc) is 2.43. The van der Waals surface area contributed by atoms with Gasteiger partial charge in [-0.2, -0.15) is 0 Å². The molecule has 2 heteroatoms. The summed E-state index contributed by atoms with van der Waals surface area (Å²) in [5, 5.41) is 3.65. The van der Waals surface area contributed by atoms with Gasteiger partial charge in [0, 0.05) is 12.6 Å². The van der Waals surface area contributed by atoms with Gasteiger partial charge < -0.3 is 10.1 Å². The molecule has 2 fully saturated rings. The Kier molecular flexibility index (Phi) is 2.39. The molecule has 1 aliphatic carbocycles. The van der Waals surface area contributed by atoms with E-state index in [2.05, 4.69) is 33.0 Å². The number of morpholine rings is 1. The highest BCUT2D eigenvalue weighted by Gasteiger charge is 2.48. The maximum Gasteiger partial charge on any atom is 0.0786 e. The van der Waals surface area contributed by atoms with Crippen molar-refractivity contribution in [3.8, 4) is 0 Å². The summed E-state index contributed by atoms with van der Waals surface area (Å²) in [6.07, 6.45) is 4.08. The van der Waals surface area contributed by atoms with E-state index >= 15 is 0 Å². The SMILES string of the molecule is CCC1(C)CNC2CCC(C)(C)C2O1. The molecule has 2 nitrogen and oxygen atoms in total. The van der Waals surface area contributed by atoms with Gasteiger partial charge in [-0.3, -0.25) is 0 Å². The minimum absolute atomic E-state index is 0.0583. The van der Waals surface area contributed by atoms with Crippen LogP contribution in [-0.4, -0.2) is 24.3 Å². The van der Waals surface area contributed by atoms with E-state index in [1.54, 1.807) is 0 Å². The van der Waals surface area contributed by atoms with Crippen molar-refractivity contribution in [2.45, 2.75) is 64.7 Å². The van der Waals surface area contributed by atoms with E-state index in [-0.39, 0.29) is 5.60 Å². The first-order valence-corrected chi connectivity index (χ1v) is 5.88. The summed E-state index contributed by atoms with van der Waals surface area (Å²) in [5.74, 6) is 0. The van der Waals surface area contributed by atoms with Crippen molar-refractivity contribution in [2.75, 3.05) is 6.54 Å². The van der Waals surface area contributed by atoms with E-state index in [0.717, 1.165) is 13.0 Å². The van der Waals surface area contributed by atoms with Crippen molar-refractivity contribution < 1.29 is 4.74 Å². The molecule has 0 amide bonds. The van der Waals surface area contributed by atoms with Gasteiger partial charge in [-0.25, -0.2) is 0 Å². The minimum Gasteiger partial charge on any atom is -0.369 e. The highest BCUT2D eigenvalue weighted by molar-refractivity contribution is 5.02. The van der Waals surface area contributed by atoms with Crippen molar-refractivity contribution >= 4 is 0 Å². The predicted molar refractivity (Wildman–Crippen MR) is 58.4 cm³/mol. The molecule has 1 N–H and O–H groups in total. The Morgan fingerprint density at radius 3 is 2.71 bits per heavy atom. The number of nitrogens with one attached hydrogen (secondary N) is 1. The number of hydrogen-bond donors (Lipinski definition) is 1. The lowest BCUT2D eigenvalue weighted by molar-refractivity contribution is -0.149. The molecule has 3 unspecified atom stereocenters. The van der Waals surface area contributed by atoms with Gasteiger partial charge in [0.2, 0.25) is 0 Å². The predicted octanol–water partition coefficient (Wildman–Crippen LogP) is 2.33. The fourth-order valence-electron chi connectivity index (χ4n) is 2.72. The van der Waals surface area contributed by atoms with Crippen LogP contribution in [0.1, 0.15) is 47.0 Å². The van der Waals surface area contributed by atoms with Crippen molar-refractivity contribution in [2.24, 2.45) is 5.41 Å². The van der Waals surface area contributed by atoms with Crippen LogP contribution in [0.3, 0.4) is 0 Å². The summed E-state index contributed by atoms with van der Waals surface area (Å²) < 4.78 is 6.30. The van der Waals surface area contributed by atoms with Crippen LogP contribution in [0.5, 0.6) is 0 Å². The maximum absolute atomic E-state index is 6.30. The first-order valence-electron chi connectivity index (χ1n) is 5.88. The first-order chi connectivity index (χ1) is 6.47. The van der Waals surface area contributed by atoms with Crippen LogP contribution in [0.15, 0.2) is 0 Å². The van der Waals surface area contributed by atoms with Gasteiger partial charge in [-0.15, -0.1) is 0 Å². The van der Waals surface area contributed by atoms with Crippen LogP contribution in [0.2, 0.25) is 0 Å². The Morgan fingerprint density at radius 1 is 1.36 bits per heavy atom. The zero-order chi connectivity index (χ0) is 10.4. The average molecular weight is 197 g/mol. The standard InChI is InChI=1S/C12H23NO/c1-5-12(4)8-13-9-6-7-11(2,3)10(9)14-12/h9-10,13H,5-8H2,1-4H3. The minimum atomic E-state index is 0.0583. The Labute approximate surface area is 87.4 Å². The summed E-state index contributed by atoms with van der Waals surface area (Å²) >= 11 is 0. The van der Waals surface area contributed by atoms with Crippen molar-refractivity contribution in [3.05, 3.63) is 0 Å². The zero-order valence-electron chi connectivity index (χ0n) is 9.89. The summed E-state index contributed by atoms with van der Waals surface area (Å²) in [6.45, 7) is 10.1. The summed E-state index contributed by atoms with van der Waals surface area (Å²) in [4.78, 5) is 0. The van der Waals surface area contributed by atoms with Gasteiger partial charge in [-0.05, 0) is 31.6 Å². The number of ether oxygens (including phenoxy) is 1. The zero-order valence-corrected chi connectivity index (χ0v) is 9.89. The first kappa shape index (κ1) is 10.4.